The van der Waals surface area contributed by atoms with Gasteiger partial charge in [0.1, 0.15) is 0 Å². The van der Waals surface area contributed by atoms with Gasteiger partial charge < -0.3 is 0 Å². The molecule has 0 saturated carbocycles. The first-order valence-corrected chi connectivity index (χ1v) is 21.2. The van der Waals surface area contributed by atoms with Gasteiger partial charge in [-0.2, -0.15) is 0 Å². The molecule has 0 saturated heterocycles. The normalized spacial score (nSPS) is 14.8. The summed E-state index contributed by atoms with van der Waals surface area (Å²) in [6.07, 6.45) is 0. The third-order valence-corrected chi connectivity index (χ3v) is 11.6. The summed E-state index contributed by atoms with van der Waals surface area (Å²) in [5, 5.41) is 6.80. The van der Waals surface area contributed by atoms with Crippen LogP contribution in [0.25, 0.3) is 22.9 Å². The lowest BCUT2D eigenvalue weighted by Gasteiger charge is -2.41. The molecule has 0 heterocycles. The second kappa shape index (κ2) is 10.2. The maximum Gasteiger partial charge on any atom is 0.0792 e. The van der Waals surface area contributed by atoms with Crippen molar-refractivity contribution in [3.63, 3.8) is 0 Å². The predicted molar refractivity (Wildman–Crippen MR) is 177 cm³/mol. The van der Waals surface area contributed by atoms with E-state index in [9.17, 15) is 0 Å². The standard InChI is InChI=1S/C38H42Si2/c1-37(2,3)31-21-17-27-19-23-33-34(36(40(10,11)12)35(33)39(7,8)9)24-20-28-18-22-32(38(4,5)6)26-30(28)16-14-13-15-29(27)25-31/h17-18,21-22,25-26H,1-12H3. The van der Waals surface area contributed by atoms with Crippen LogP contribution in [0.5, 0.6) is 0 Å². The zero-order valence-corrected chi connectivity index (χ0v) is 28.5. The molecule has 0 amide bonds. The van der Waals surface area contributed by atoms with Gasteiger partial charge in [0.15, 0.2) is 0 Å². The van der Waals surface area contributed by atoms with E-state index in [1.807, 2.05) is 0 Å². The Bertz CT molecular complexity index is 1840. The molecule has 202 valence electrons. The zero-order valence-electron chi connectivity index (χ0n) is 26.5. The van der Waals surface area contributed by atoms with Gasteiger partial charge in [0.05, 0.1) is 16.1 Å². The maximum absolute atomic E-state index is 3.62. The van der Waals surface area contributed by atoms with E-state index in [0.717, 1.165) is 32.0 Å². The average molecular weight is 555 g/mol. The number of rotatable bonds is 2. The van der Waals surface area contributed by atoms with Gasteiger partial charge in [0.25, 0.3) is 0 Å². The lowest BCUT2D eigenvalue weighted by molar-refractivity contribution is 0.589. The quantitative estimate of drug-likeness (QED) is 0.290. The third kappa shape index (κ3) is 6.16. The minimum absolute atomic E-state index is 0.0242. The van der Waals surface area contributed by atoms with E-state index >= 15 is 0 Å². The zero-order chi connectivity index (χ0) is 29.7. The average Bonchev–Trinajstić information content (AvgIpc) is 2.78. The second-order valence-electron chi connectivity index (χ2n) is 15.0. The van der Waals surface area contributed by atoms with Crippen molar-refractivity contribution in [3.05, 3.63) is 113 Å². The lowest BCUT2D eigenvalue weighted by Crippen LogP contribution is -2.41. The van der Waals surface area contributed by atoms with Gasteiger partial charge in [-0.1, -0.05) is 127 Å². The lowest BCUT2D eigenvalue weighted by atomic mass is 9.86. The molecule has 0 nitrogen and oxygen atoms in total. The minimum atomic E-state index is -1.65. The summed E-state index contributed by atoms with van der Waals surface area (Å²) in [7, 11) is -3.31. The molecule has 0 fully saturated rings. The fourth-order valence-corrected chi connectivity index (χ4v) is 11.0. The van der Waals surface area contributed by atoms with Crippen LogP contribution in [0.1, 0.15) is 52.7 Å². The summed E-state index contributed by atoms with van der Waals surface area (Å²) >= 11 is 0. The Labute approximate surface area is 242 Å². The first-order valence-electron chi connectivity index (χ1n) is 14.2. The monoisotopic (exact) mass is 554 g/mol. The summed E-state index contributed by atoms with van der Waals surface area (Å²) in [6.45, 7) is 28.0. The van der Waals surface area contributed by atoms with Crippen molar-refractivity contribution in [1.29, 1.82) is 0 Å². The molecule has 2 heteroatoms. The summed E-state index contributed by atoms with van der Waals surface area (Å²) in [5.74, 6) is 0. The molecule has 2 aromatic carbocycles. The van der Waals surface area contributed by atoms with E-state index in [1.165, 1.54) is 21.5 Å². The Kier molecular flexibility index (Phi) is 7.55. The largest absolute Gasteiger partial charge is 0.0792 e. The highest BCUT2D eigenvalue weighted by Crippen LogP contribution is 2.47. The van der Waals surface area contributed by atoms with Crippen molar-refractivity contribution in [2.24, 2.45) is 0 Å². The van der Waals surface area contributed by atoms with E-state index in [4.69, 9.17) is 0 Å². The minimum Gasteiger partial charge on any atom is -0.0656 e. The van der Waals surface area contributed by atoms with Crippen molar-refractivity contribution >= 4 is 39.1 Å². The van der Waals surface area contributed by atoms with Crippen LogP contribution < -0.4 is 20.9 Å². The first-order chi connectivity index (χ1) is 18.4. The van der Waals surface area contributed by atoms with Crippen molar-refractivity contribution in [2.75, 3.05) is 0 Å². The molecule has 0 aliphatic heterocycles. The SMILES string of the molecule is CC(C)(C)c1ccc2c(c1)=C=C=C=C=c1cc(C(C)(C)C)ccc1=C=C=C1C(=C=C=2)C([Si](C)(C)C)=C1[Si](C)(C)C. The van der Waals surface area contributed by atoms with E-state index in [1.54, 1.807) is 0 Å². The topological polar surface area (TPSA) is 0 Å². The maximum atomic E-state index is 3.62. The van der Waals surface area contributed by atoms with Crippen LogP contribution in [-0.2, 0) is 10.8 Å². The van der Waals surface area contributed by atoms with Crippen LogP contribution >= 0.6 is 0 Å². The summed E-state index contributed by atoms with van der Waals surface area (Å²) < 4.78 is 0. The second-order valence-corrected chi connectivity index (χ2v) is 25.0. The van der Waals surface area contributed by atoms with Crippen molar-refractivity contribution in [3.8, 4) is 0 Å². The van der Waals surface area contributed by atoms with E-state index < -0.39 is 16.1 Å². The van der Waals surface area contributed by atoms with Crippen molar-refractivity contribution < 1.29 is 0 Å². The van der Waals surface area contributed by atoms with Crippen LogP contribution in [0.4, 0.5) is 0 Å². The highest BCUT2D eigenvalue weighted by molar-refractivity contribution is 6.92. The number of allylic oxidation sites excluding steroid dienone is 4. The van der Waals surface area contributed by atoms with Crippen LogP contribution in [0, 0.1) is 0 Å². The molecular weight excluding hydrogens is 513 g/mol. The van der Waals surface area contributed by atoms with E-state index in [2.05, 4.69) is 163 Å². The fraction of sp³-hybridized carbons (Fsp3) is 0.368. The highest BCUT2D eigenvalue weighted by atomic mass is 28.3. The van der Waals surface area contributed by atoms with E-state index in [-0.39, 0.29) is 10.8 Å². The smallest absolute Gasteiger partial charge is 0.0656 e. The van der Waals surface area contributed by atoms with Gasteiger partial charge >= 0.3 is 0 Å². The van der Waals surface area contributed by atoms with Crippen LogP contribution in [0.15, 0.2) is 80.9 Å². The van der Waals surface area contributed by atoms with Gasteiger partial charge in [0.2, 0.25) is 0 Å². The molecule has 2 aromatic rings. The van der Waals surface area contributed by atoms with Gasteiger partial charge in [-0.3, -0.25) is 0 Å². The Morgan fingerprint density at radius 3 is 1.10 bits per heavy atom. The Morgan fingerprint density at radius 1 is 0.450 bits per heavy atom. The molecule has 0 aromatic heterocycles. The number of benzene rings is 2. The Balaban J connectivity index is 2.38. The molecule has 40 heavy (non-hydrogen) atoms. The first kappa shape index (κ1) is 29.6. The third-order valence-electron chi connectivity index (χ3n) is 7.37. The Hall–Kier alpha value is -3.41. The van der Waals surface area contributed by atoms with Gasteiger partial charge in [0, 0.05) is 32.0 Å². The molecule has 0 unspecified atom stereocenters. The summed E-state index contributed by atoms with van der Waals surface area (Å²) in [6, 6.07) is 13.0. The molecule has 2 aliphatic rings. The van der Waals surface area contributed by atoms with Crippen LogP contribution in [0.2, 0.25) is 39.3 Å². The van der Waals surface area contributed by atoms with Crippen molar-refractivity contribution in [1.82, 2.24) is 0 Å². The van der Waals surface area contributed by atoms with Crippen LogP contribution in [-0.4, -0.2) is 16.1 Å². The summed E-state index contributed by atoms with van der Waals surface area (Å²) in [4.78, 5) is 0. The number of fused-ring (bicyclic) bond motifs is 3. The van der Waals surface area contributed by atoms with E-state index in [0.29, 0.717) is 0 Å². The number of hydrogen-bond donors (Lipinski definition) is 0. The molecule has 0 spiro atoms. The van der Waals surface area contributed by atoms with Gasteiger partial charge in [-0.05, 0) is 68.1 Å². The summed E-state index contributed by atoms with van der Waals surface area (Å²) in [5.41, 5.74) is 32.1. The van der Waals surface area contributed by atoms with Gasteiger partial charge in [-0.15, -0.1) is 0 Å². The number of hydrogen-bond acceptors (Lipinski definition) is 0. The molecule has 0 N–H and O–H groups in total. The molecule has 0 atom stereocenters. The van der Waals surface area contributed by atoms with Gasteiger partial charge in [-0.25, -0.2) is 0 Å². The highest BCUT2D eigenvalue weighted by Gasteiger charge is 2.43. The molecule has 4 rings (SSSR count). The molecule has 0 radical (unpaired) electrons. The van der Waals surface area contributed by atoms with Crippen molar-refractivity contribution in [2.45, 2.75) is 91.7 Å². The molecule has 0 bridgehead atoms. The Morgan fingerprint density at radius 2 is 0.800 bits per heavy atom. The molecule has 2 aliphatic carbocycles. The fourth-order valence-electron chi connectivity index (χ4n) is 5.09. The van der Waals surface area contributed by atoms with Crippen LogP contribution in [0.3, 0.4) is 0 Å². The predicted octanol–water partition coefficient (Wildman–Crippen LogP) is 6.61. The molecular formula is C38H42Si2.